The van der Waals surface area contributed by atoms with Gasteiger partial charge in [-0.3, -0.25) is 4.79 Å². The Morgan fingerprint density at radius 2 is 2.03 bits per heavy atom. The van der Waals surface area contributed by atoms with Gasteiger partial charge in [-0.25, -0.2) is 8.42 Å². The Morgan fingerprint density at radius 3 is 2.69 bits per heavy atom. The zero-order chi connectivity index (χ0) is 20.6. The van der Waals surface area contributed by atoms with Gasteiger partial charge in [-0.05, 0) is 45.1 Å². The number of sulfonamides is 1. The number of hydrogen-bond acceptors (Lipinski definition) is 7. The third-order valence-electron chi connectivity index (χ3n) is 5.45. The number of amides is 1. The number of nitrogens with one attached hydrogen (secondary N) is 1. The van der Waals surface area contributed by atoms with Gasteiger partial charge in [0.15, 0.2) is 0 Å². The van der Waals surface area contributed by atoms with Crippen molar-refractivity contribution in [2.45, 2.75) is 56.8 Å². The second-order valence-electron chi connectivity index (χ2n) is 7.73. The van der Waals surface area contributed by atoms with E-state index in [1.807, 2.05) is 6.92 Å². The molecule has 8 nitrogen and oxygen atoms in total. The molecule has 2 aliphatic rings. The minimum Gasteiger partial charge on any atom is -0.356 e. The predicted octanol–water partition coefficient (Wildman–Crippen LogP) is 2.91. The van der Waals surface area contributed by atoms with Crippen LogP contribution in [0.15, 0.2) is 15.5 Å². The Bertz CT molecular complexity index is 986. The second kappa shape index (κ2) is 8.16. The van der Waals surface area contributed by atoms with Crippen LogP contribution in [0.4, 0.5) is 0 Å². The third-order valence-corrected chi connectivity index (χ3v) is 8.65. The summed E-state index contributed by atoms with van der Waals surface area (Å²) >= 11 is 1.36. The Kier molecular flexibility index (Phi) is 5.76. The van der Waals surface area contributed by atoms with Crippen LogP contribution < -0.4 is 5.32 Å². The Balaban J connectivity index is 1.46. The maximum Gasteiger partial charge on any atom is 0.244 e. The van der Waals surface area contributed by atoms with Crippen LogP contribution in [0.3, 0.4) is 0 Å². The Hall–Kier alpha value is -1.78. The number of piperidine rings is 1. The quantitative estimate of drug-likeness (QED) is 0.713. The fraction of sp³-hybridized carbons (Fsp3) is 0.632. The molecule has 0 atom stereocenters. The molecule has 1 N–H and O–H groups in total. The molecule has 1 amide bonds. The van der Waals surface area contributed by atoms with Crippen LogP contribution in [-0.4, -0.2) is 48.4 Å². The van der Waals surface area contributed by atoms with Gasteiger partial charge < -0.3 is 9.84 Å². The van der Waals surface area contributed by atoms with Crippen molar-refractivity contribution < 1.29 is 17.7 Å². The van der Waals surface area contributed by atoms with Gasteiger partial charge in [0.1, 0.15) is 0 Å². The summed E-state index contributed by atoms with van der Waals surface area (Å²) in [5.74, 6) is 1.36. The summed E-state index contributed by atoms with van der Waals surface area (Å²) in [5.41, 5.74) is 0. The molecule has 1 aliphatic heterocycles. The zero-order valence-corrected chi connectivity index (χ0v) is 18.3. The van der Waals surface area contributed by atoms with Crippen LogP contribution in [0.25, 0.3) is 10.7 Å². The molecule has 158 valence electrons. The summed E-state index contributed by atoms with van der Waals surface area (Å²) in [6.45, 7) is 5.17. The molecule has 1 saturated heterocycles. The first kappa shape index (κ1) is 20.5. The van der Waals surface area contributed by atoms with Gasteiger partial charge in [0.25, 0.3) is 0 Å². The van der Waals surface area contributed by atoms with Crippen LogP contribution in [0.5, 0.6) is 0 Å². The summed E-state index contributed by atoms with van der Waals surface area (Å²) in [7, 11) is -3.62. The standard InChI is InChI=1S/C19H26N4O4S2/c1-3-8-20-18(24)13-6-9-23(10-7-13)29(25,26)16-11-15(28-12(16)2)17-21-19(27-22-17)14-4-5-14/h11,13-14H,3-10H2,1-2H3,(H,20,24). The van der Waals surface area contributed by atoms with E-state index in [0.717, 1.165) is 19.3 Å². The van der Waals surface area contributed by atoms with Gasteiger partial charge in [0.05, 0.1) is 9.77 Å². The first-order valence-electron chi connectivity index (χ1n) is 10.1. The molecule has 2 fully saturated rings. The van der Waals surface area contributed by atoms with Crippen LogP contribution in [0.1, 0.15) is 55.7 Å². The van der Waals surface area contributed by atoms with E-state index < -0.39 is 10.0 Å². The second-order valence-corrected chi connectivity index (χ2v) is 10.9. The average Bonchev–Trinajstić information content (AvgIpc) is 3.31. The molecule has 0 bridgehead atoms. The highest BCUT2D eigenvalue weighted by molar-refractivity contribution is 7.89. The highest BCUT2D eigenvalue weighted by atomic mass is 32.2. The lowest BCUT2D eigenvalue weighted by atomic mass is 9.97. The number of thiophene rings is 1. The van der Waals surface area contributed by atoms with E-state index in [9.17, 15) is 13.2 Å². The van der Waals surface area contributed by atoms with E-state index in [0.29, 0.717) is 64.8 Å². The number of aryl methyl sites for hydroxylation is 1. The molecule has 1 saturated carbocycles. The molecule has 29 heavy (non-hydrogen) atoms. The predicted molar refractivity (Wildman–Crippen MR) is 109 cm³/mol. The highest BCUT2D eigenvalue weighted by Gasteiger charge is 2.34. The third kappa shape index (κ3) is 4.24. The fourth-order valence-electron chi connectivity index (χ4n) is 3.55. The first-order valence-corrected chi connectivity index (χ1v) is 12.4. The maximum atomic E-state index is 13.2. The number of carbonyl (C=O) groups excluding carboxylic acids is 1. The molecule has 0 aromatic carbocycles. The van der Waals surface area contributed by atoms with Crippen molar-refractivity contribution in [1.29, 1.82) is 0 Å². The molecule has 4 rings (SSSR count). The van der Waals surface area contributed by atoms with Gasteiger partial charge in [0, 0.05) is 36.3 Å². The molecule has 1 aliphatic carbocycles. The molecule has 0 spiro atoms. The van der Waals surface area contributed by atoms with Gasteiger partial charge in [0.2, 0.25) is 27.6 Å². The van der Waals surface area contributed by atoms with E-state index in [-0.39, 0.29) is 11.8 Å². The van der Waals surface area contributed by atoms with E-state index in [4.69, 9.17) is 4.52 Å². The number of carbonyl (C=O) groups is 1. The lowest BCUT2D eigenvalue weighted by Gasteiger charge is -2.30. The molecule has 0 unspecified atom stereocenters. The average molecular weight is 439 g/mol. The van der Waals surface area contributed by atoms with Crippen LogP contribution >= 0.6 is 11.3 Å². The fourth-order valence-corrected chi connectivity index (χ4v) is 6.51. The normalized spacial score (nSPS) is 18.8. The van der Waals surface area contributed by atoms with Crippen LogP contribution in [0.2, 0.25) is 0 Å². The Morgan fingerprint density at radius 1 is 1.31 bits per heavy atom. The molecular weight excluding hydrogens is 412 g/mol. The highest BCUT2D eigenvalue weighted by Crippen LogP contribution is 2.41. The first-order chi connectivity index (χ1) is 13.9. The summed E-state index contributed by atoms with van der Waals surface area (Å²) in [6.07, 6.45) is 4.11. The van der Waals surface area contributed by atoms with Crippen molar-refractivity contribution in [2.24, 2.45) is 5.92 Å². The molecule has 3 heterocycles. The van der Waals surface area contributed by atoms with Crippen LogP contribution in [-0.2, 0) is 14.8 Å². The summed E-state index contributed by atoms with van der Waals surface area (Å²) < 4.78 is 33.2. The minimum atomic E-state index is -3.62. The number of rotatable bonds is 7. The van der Waals surface area contributed by atoms with Gasteiger partial charge in [-0.15, -0.1) is 11.3 Å². The minimum absolute atomic E-state index is 0.0291. The molecule has 2 aromatic rings. The summed E-state index contributed by atoms with van der Waals surface area (Å²) in [5, 5.41) is 6.93. The van der Waals surface area contributed by atoms with E-state index in [2.05, 4.69) is 15.5 Å². The molecule has 2 aromatic heterocycles. The topological polar surface area (TPSA) is 105 Å². The largest absolute Gasteiger partial charge is 0.356 e. The maximum absolute atomic E-state index is 13.2. The number of hydrogen-bond donors (Lipinski definition) is 1. The van der Waals surface area contributed by atoms with Gasteiger partial charge in [-0.2, -0.15) is 9.29 Å². The summed E-state index contributed by atoms with van der Waals surface area (Å²) in [4.78, 5) is 18.3. The lowest BCUT2D eigenvalue weighted by molar-refractivity contribution is -0.126. The van der Waals surface area contributed by atoms with E-state index in [1.165, 1.54) is 15.6 Å². The van der Waals surface area contributed by atoms with Crippen molar-refractivity contribution in [1.82, 2.24) is 19.8 Å². The molecule has 0 radical (unpaired) electrons. The van der Waals surface area contributed by atoms with Crippen molar-refractivity contribution in [2.75, 3.05) is 19.6 Å². The summed E-state index contributed by atoms with van der Waals surface area (Å²) in [6, 6.07) is 1.65. The van der Waals surface area contributed by atoms with Crippen molar-refractivity contribution in [3.63, 3.8) is 0 Å². The van der Waals surface area contributed by atoms with Crippen LogP contribution in [0, 0.1) is 12.8 Å². The monoisotopic (exact) mass is 438 g/mol. The SMILES string of the molecule is CCCNC(=O)C1CCN(S(=O)(=O)c2cc(-c3noc(C4CC4)n3)sc2C)CC1. The number of aromatic nitrogens is 2. The van der Waals surface area contributed by atoms with Crippen molar-refractivity contribution >= 4 is 27.3 Å². The van der Waals surface area contributed by atoms with Crippen molar-refractivity contribution in [3.8, 4) is 10.7 Å². The number of nitrogens with zero attached hydrogens (tertiary/aromatic N) is 3. The zero-order valence-electron chi connectivity index (χ0n) is 16.7. The van der Waals surface area contributed by atoms with E-state index in [1.54, 1.807) is 13.0 Å². The van der Waals surface area contributed by atoms with E-state index >= 15 is 0 Å². The molecule has 10 heteroatoms. The van der Waals surface area contributed by atoms with Gasteiger partial charge >= 0.3 is 0 Å². The Labute approximate surface area is 174 Å². The smallest absolute Gasteiger partial charge is 0.244 e. The lowest BCUT2D eigenvalue weighted by Crippen LogP contribution is -2.43. The van der Waals surface area contributed by atoms with Crippen molar-refractivity contribution in [3.05, 3.63) is 16.8 Å². The molecular formula is C19H26N4O4S2. The van der Waals surface area contributed by atoms with Gasteiger partial charge in [-0.1, -0.05) is 12.1 Å².